The van der Waals surface area contributed by atoms with Crippen LogP contribution in [-0.4, -0.2) is 36.7 Å². The molecule has 0 aliphatic heterocycles. The highest BCUT2D eigenvalue weighted by molar-refractivity contribution is 9.10. The van der Waals surface area contributed by atoms with Gasteiger partial charge in [0.25, 0.3) is 0 Å². The molecular formula is C13H14BrNO4. The molecule has 1 atom stereocenters. The van der Waals surface area contributed by atoms with E-state index >= 15 is 0 Å². The van der Waals surface area contributed by atoms with Crippen LogP contribution < -0.4 is 5.32 Å². The van der Waals surface area contributed by atoms with Gasteiger partial charge in [-0.05, 0) is 23.8 Å². The van der Waals surface area contributed by atoms with Gasteiger partial charge in [-0.2, -0.15) is 0 Å². The van der Waals surface area contributed by atoms with E-state index in [0.717, 1.165) is 10.0 Å². The number of aliphatic hydroxyl groups excluding tert-OH is 1. The van der Waals surface area contributed by atoms with Gasteiger partial charge in [0.1, 0.15) is 0 Å². The van der Waals surface area contributed by atoms with Crippen molar-refractivity contribution in [2.75, 3.05) is 13.7 Å². The van der Waals surface area contributed by atoms with E-state index in [-0.39, 0.29) is 0 Å². The van der Waals surface area contributed by atoms with Gasteiger partial charge in [-0.3, -0.25) is 4.79 Å². The van der Waals surface area contributed by atoms with Crippen LogP contribution in [0.15, 0.2) is 34.8 Å². The quantitative estimate of drug-likeness (QED) is 0.627. The molecular weight excluding hydrogens is 314 g/mol. The molecule has 0 saturated carbocycles. The lowest BCUT2D eigenvalue weighted by Crippen LogP contribution is -2.43. The molecule has 1 aromatic carbocycles. The molecule has 0 aliphatic rings. The third-order valence-electron chi connectivity index (χ3n) is 2.26. The number of nitrogens with one attached hydrogen (secondary N) is 1. The number of aliphatic hydroxyl groups is 1. The third kappa shape index (κ3) is 5.23. The van der Waals surface area contributed by atoms with Crippen LogP contribution in [0.2, 0.25) is 0 Å². The van der Waals surface area contributed by atoms with Gasteiger partial charge in [0.15, 0.2) is 6.04 Å². The maximum Gasteiger partial charge on any atom is 0.330 e. The zero-order valence-corrected chi connectivity index (χ0v) is 11.9. The van der Waals surface area contributed by atoms with Gasteiger partial charge >= 0.3 is 5.97 Å². The molecule has 0 aliphatic carbocycles. The lowest BCUT2D eigenvalue weighted by molar-refractivity contribution is -0.145. The molecule has 0 saturated heterocycles. The molecule has 0 aromatic heterocycles. The molecule has 0 unspecified atom stereocenters. The minimum atomic E-state index is -1.05. The van der Waals surface area contributed by atoms with Gasteiger partial charge in [0.05, 0.1) is 13.7 Å². The summed E-state index contributed by atoms with van der Waals surface area (Å²) in [7, 11) is 1.19. The Kier molecular flexibility index (Phi) is 6.24. The highest BCUT2D eigenvalue weighted by atomic mass is 79.9. The zero-order chi connectivity index (χ0) is 14.3. The molecule has 0 radical (unpaired) electrons. The number of ether oxygens (including phenoxy) is 1. The minimum Gasteiger partial charge on any atom is -0.467 e. The van der Waals surface area contributed by atoms with Gasteiger partial charge < -0.3 is 15.2 Å². The second kappa shape index (κ2) is 7.70. The topological polar surface area (TPSA) is 75.6 Å². The number of halogens is 1. The van der Waals surface area contributed by atoms with Crippen LogP contribution in [0.5, 0.6) is 0 Å². The maximum absolute atomic E-state index is 11.6. The van der Waals surface area contributed by atoms with Gasteiger partial charge in [-0.15, -0.1) is 0 Å². The van der Waals surface area contributed by atoms with Gasteiger partial charge in [0.2, 0.25) is 5.91 Å². The summed E-state index contributed by atoms with van der Waals surface area (Å²) in [5, 5.41) is 11.3. The predicted octanol–water partition coefficient (Wildman–Crippen LogP) is 1.11. The number of amides is 1. The fourth-order valence-electron chi connectivity index (χ4n) is 1.32. The third-order valence-corrected chi connectivity index (χ3v) is 2.75. The number of rotatable bonds is 5. The molecule has 1 aromatic rings. The number of benzene rings is 1. The average Bonchev–Trinajstić information content (AvgIpc) is 2.41. The van der Waals surface area contributed by atoms with Crippen molar-refractivity contribution in [1.82, 2.24) is 5.32 Å². The Bertz CT molecular complexity index is 487. The lowest BCUT2D eigenvalue weighted by Gasteiger charge is -2.11. The van der Waals surface area contributed by atoms with E-state index in [9.17, 15) is 9.59 Å². The van der Waals surface area contributed by atoms with Crippen molar-refractivity contribution in [1.29, 1.82) is 0 Å². The first kappa shape index (κ1) is 15.4. The van der Waals surface area contributed by atoms with E-state index in [4.69, 9.17) is 5.11 Å². The maximum atomic E-state index is 11.6. The molecule has 0 heterocycles. The normalized spacial score (nSPS) is 12.2. The molecule has 2 N–H and O–H groups in total. The average molecular weight is 328 g/mol. The fraction of sp³-hybridized carbons (Fsp3) is 0.231. The zero-order valence-electron chi connectivity index (χ0n) is 10.3. The van der Waals surface area contributed by atoms with Crippen molar-refractivity contribution in [3.05, 3.63) is 40.4 Å². The van der Waals surface area contributed by atoms with E-state index in [1.807, 2.05) is 24.3 Å². The molecule has 0 spiro atoms. The van der Waals surface area contributed by atoms with Crippen molar-refractivity contribution in [3.8, 4) is 0 Å². The largest absolute Gasteiger partial charge is 0.467 e. The van der Waals surface area contributed by atoms with Crippen LogP contribution in [-0.2, 0) is 14.3 Å². The van der Waals surface area contributed by atoms with E-state index < -0.39 is 24.5 Å². The predicted molar refractivity (Wildman–Crippen MR) is 74.2 cm³/mol. The Morgan fingerprint density at radius 2 is 2.26 bits per heavy atom. The Labute approximate surface area is 119 Å². The number of carbonyl (C=O) groups is 2. The molecule has 19 heavy (non-hydrogen) atoms. The summed E-state index contributed by atoms with van der Waals surface area (Å²) in [5.74, 6) is -1.17. The highest BCUT2D eigenvalue weighted by Gasteiger charge is 2.18. The number of hydrogen-bond acceptors (Lipinski definition) is 4. The van der Waals surface area contributed by atoms with Crippen molar-refractivity contribution < 1.29 is 19.4 Å². The number of carbonyl (C=O) groups excluding carboxylic acids is 2. The van der Waals surface area contributed by atoms with Gasteiger partial charge in [0, 0.05) is 10.5 Å². The molecule has 5 nitrogen and oxygen atoms in total. The van der Waals surface area contributed by atoms with E-state index in [2.05, 4.69) is 26.0 Å². The highest BCUT2D eigenvalue weighted by Crippen LogP contribution is 2.12. The monoisotopic (exact) mass is 327 g/mol. The Balaban J connectivity index is 2.62. The SMILES string of the molecule is COC(=O)[C@@H](CO)NC(=O)/C=C/c1cccc(Br)c1. The summed E-state index contributed by atoms with van der Waals surface area (Å²) in [5.41, 5.74) is 0.836. The first-order chi connectivity index (χ1) is 9.06. The van der Waals surface area contributed by atoms with Crippen LogP contribution in [0, 0.1) is 0 Å². The van der Waals surface area contributed by atoms with E-state index in [1.165, 1.54) is 13.2 Å². The van der Waals surface area contributed by atoms with Crippen molar-refractivity contribution in [2.45, 2.75) is 6.04 Å². The minimum absolute atomic E-state index is 0.482. The van der Waals surface area contributed by atoms with Crippen LogP contribution in [0.25, 0.3) is 6.08 Å². The Morgan fingerprint density at radius 3 is 2.84 bits per heavy atom. The summed E-state index contributed by atoms with van der Waals surface area (Å²) in [4.78, 5) is 22.7. The smallest absolute Gasteiger partial charge is 0.330 e. The second-order valence-electron chi connectivity index (χ2n) is 3.66. The summed E-state index contributed by atoms with van der Waals surface area (Å²) < 4.78 is 5.34. The summed E-state index contributed by atoms with van der Waals surface area (Å²) in [6.45, 7) is -0.511. The summed E-state index contributed by atoms with van der Waals surface area (Å²) in [6, 6.07) is 6.33. The van der Waals surface area contributed by atoms with Crippen molar-refractivity contribution >= 4 is 33.9 Å². The molecule has 102 valence electrons. The molecule has 0 fully saturated rings. The molecule has 0 bridgehead atoms. The standard InChI is InChI=1S/C13H14BrNO4/c1-19-13(18)11(8-16)15-12(17)6-5-9-3-2-4-10(14)7-9/h2-7,11,16H,8H2,1H3,(H,15,17)/b6-5+/t11-/m1/s1. The molecule has 1 amide bonds. The summed E-state index contributed by atoms with van der Waals surface area (Å²) in [6.07, 6.45) is 2.89. The molecule has 1 rings (SSSR count). The van der Waals surface area contributed by atoms with Crippen molar-refractivity contribution in [2.24, 2.45) is 0 Å². The summed E-state index contributed by atoms with van der Waals surface area (Å²) >= 11 is 3.32. The molecule has 6 heteroatoms. The van der Waals surface area contributed by atoms with Crippen LogP contribution in [0.1, 0.15) is 5.56 Å². The Morgan fingerprint density at radius 1 is 1.53 bits per heavy atom. The van der Waals surface area contributed by atoms with Gasteiger partial charge in [-0.25, -0.2) is 4.79 Å². The Hall–Kier alpha value is -1.66. The van der Waals surface area contributed by atoms with Crippen molar-refractivity contribution in [3.63, 3.8) is 0 Å². The number of esters is 1. The van der Waals surface area contributed by atoms with Crippen LogP contribution in [0.3, 0.4) is 0 Å². The fourth-order valence-corrected chi connectivity index (χ4v) is 1.74. The van der Waals surface area contributed by atoms with Crippen LogP contribution >= 0.6 is 15.9 Å². The lowest BCUT2D eigenvalue weighted by atomic mass is 10.2. The van der Waals surface area contributed by atoms with E-state index in [1.54, 1.807) is 6.08 Å². The van der Waals surface area contributed by atoms with Crippen LogP contribution in [0.4, 0.5) is 0 Å². The first-order valence-corrected chi connectivity index (χ1v) is 6.29. The van der Waals surface area contributed by atoms with E-state index in [0.29, 0.717) is 0 Å². The first-order valence-electron chi connectivity index (χ1n) is 5.49. The second-order valence-corrected chi connectivity index (χ2v) is 4.57. The number of hydrogen-bond donors (Lipinski definition) is 2. The van der Waals surface area contributed by atoms with Gasteiger partial charge in [-0.1, -0.05) is 28.1 Å². The number of methoxy groups -OCH3 is 1.